The van der Waals surface area contributed by atoms with Gasteiger partial charge in [-0.25, -0.2) is 9.48 Å². The lowest BCUT2D eigenvalue weighted by Gasteiger charge is -2.40. The van der Waals surface area contributed by atoms with Gasteiger partial charge in [-0.15, -0.1) is 0 Å². The Balaban J connectivity index is 2.16. The fourth-order valence-corrected chi connectivity index (χ4v) is 4.38. The summed E-state index contributed by atoms with van der Waals surface area (Å²) in [6.45, 7) is 2.87. The second kappa shape index (κ2) is 12.1. The van der Waals surface area contributed by atoms with Gasteiger partial charge in [-0.1, -0.05) is 15.9 Å². The molecule has 0 unspecified atom stereocenters. The number of rotatable bonds is 8. The van der Waals surface area contributed by atoms with Gasteiger partial charge in [-0.3, -0.25) is 14.4 Å². The standard InChI is InChI=1S/C24H25BrN4O9/c1-11(30)35-10-20(36-12(2)31)22(37-13(3)32)23-21(27)17(8-19(38-23)24(33)34-4)29-18(9-26)15-7-14(25)5-6-16(15)28-29/h5-8,17,20-23H,10,27H2,1-4H3/t17-,20+,21+,22+,23+/m0/s1. The zero-order chi connectivity index (χ0) is 28.1. The summed E-state index contributed by atoms with van der Waals surface area (Å²) in [5.74, 6) is -3.42. The molecule has 13 nitrogen and oxygen atoms in total. The van der Waals surface area contributed by atoms with Crippen molar-refractivity contribution in [1.82, 2.24) is 9.78 Å². The first-order valence-corrected chi connectivity index (χ1v) is 12.0. The molecule has 0 aliphatic carbocycles. The minimum atomic E-state index is -1.44. The predicted molar refractivity (Wildman–Crippen MR) is 132 cm³/mol. The zero-order valence-corrected chi connectivity index (χ0v) is 22.5. The third-order valence-corrected chi connectivity index (χ3v) is 6.05. The van der Waals surface area contributed by atoms with Gasteiger partial charge in [0.25, 0.3) is 0 Å². The number of methoxy groups -OCH3 is 1. The molecule has 202 valence electrons. The number of nitriles is 1. The van der Waals surface area contributed by atoms with Gasteiger partial charge in [0.15, 0.2) is 18.3 Å². The van der Waals surface area contributed by atoms with E-state index in [1.54, 1.807) is 18.2 Å². The van der Waals surface area contributed by atoms with Crippen molar-refractivity contribution in [2.24, 2.45) is 5.73 Å². The number of hydrogen-bond donors (Lipinski definition) is 1. The van der Waals surface area contributed by atoms with Crippen LogP contribution in [0.25, 0.3) is 10.9 Å². The van der Waals surface area contributed by atoms with E-state index in [1.807, 2.05) is 0 Å². The number of benzene rings is 1. The molecule has 2 aromatic rings. The van der Waals surface area contributed by atoms with Crippen LogP contribution in [0.15, 0.2) is 34.5 Å². The summed E-state index contributed by atoms with van der Waals surface area (Å²) in [6.07, 6.45) is -2.79. The fourth-order valence-electron chi connectivity index (χ4n) is 4.02. The molecule has 2 N–H and O–H groups in total. The summed E-state index contributed by atoms with van der Waals surface area (Å²) < 4.78 is 28.4. The molecular formula is C24H25BrN4O9. The van der Waals surface area contributed by atoms with Crippen LogP contribution >= 0.6 is 15.9 Å². The van der Waals surface area contributed by atoms with Gasteiger partial charge < -0.3 is 29.4 Å². The Morgan fingerprint density at radius 2 is 1.87 bits per heavy atom. The molecule has 0 radical (unpaired) electrons. The van der Waals surface area contributed by atoms with Gasteiger partial charge in [0, 0.05) is 30.6 Å². The Labute approximate surface area is 225 Å². The van der Waals surface area contributed by atoms with Crippen LogP contribution in [0.4, 0.5) is 0 Å². The average Bonchev–Trinajstić information content (AvgIpc) is 3.21. The second-order valence-corrected chi connectivity index (χ2v) is 9.18. The van der Waals surface area contributed by atoms with Crippen molar-refractivity contribution in [3.8, 4) is 6.07 Å². The Morgan fingerprint density at radius 3 is 2.45 bits per heavy atom. The molecule has 0 fully saturated rings. The highest BCUT2D eigenvalue weighted by atomic mass is 79.9. The van der Waals surface area contributed by atoms with Crippen molar-refractivity contribution in [3.63, 3.8) is 0 Å². The van der Waals surface area contributed by atoms with E-state index in [2.05, 4.69) is 27.1 Å². The van der Waals surface area contributed by atoms with Crippen LogP contribution in [0.5, 0.6) is 0 Å². The van der Waals surface area contributed by atoms with Crippen LogP contribution in [-0.4, -0.2) is 71.7 Å². The second-order valence-electron chi connectivity index (χ2n) is 8.26. The topological polar surface area (TPSA) is 182 Å². The minimum Gasteiger partial charge on any atom is -0.478 e. The maximum Gasteiger partial charge on any atom is 0.373 e. The summed E-state index contributed by atoms with van der Waals surface area (Å²) in [4.78, 5) is 47.9. The summed E-state index contributed by atoms with van der Waals surface area (Å²) >= 11 is 3.37. The first-order valence-electron chi connectivity index (χ1n) is 11.2. The molecule has 2 heterocycles. The molecule has 1 aliphatic rings. The van der Waals surface area contributed by atoms with E-state index < -0.39 is 60.9 Å². The largest absolute Gasteiger partial charge is 0.478 e. The Morgan fingerprint density at radius 1 is 1.18 bits per heavy atom. The molecule has 1 aromatic carbocycles. The Kier molecular flexibility index (Phi) is 9.08. The van der Waals surface area contributed by atoms with E-state index in [1.165, 1.54) is 10.8 Å². The van der Waals surface area contributed by atoms with Gasteiger partial charge in [-0.05, 0) is 24.3 Å². The number of aromatic nitrogens is 2. The Hall–Kier alpha value is -3.96. The summed E-state index contributed by atoms with van der Waals surface area (Å²) in [7, 11) is 1.14. The van der Waals surface area contributed by atoms with Crippen molar-refractivity contribution in [3.05, 3.63) is 40.2 Å². The molecule has 0 saturated carbocycles. The van der Waals surface area contributed by atoms with Crippen molar-refractivity contribution in [2.45, 2.75) is 51.2 Å². The molecule has 0 amide bonds. The highest BCUT2D eigenvalue weighted by Gasteiger charge is 2.47. The first kappa shape index (κ1) is 28.6. The lowest BCUT2D eigenvalue weighted by Crippen LogP contribution is -2.58. The maximum atomic E-state index is 12.6. The van der Waals surface area contributed by atoms with E-state index in [0.29, 0.717) is 15.4 Å². The molecule has 0 bridgehead atoms. The number of halogens is 1. The lowest BCUT2D eigenvalue weighted by atomic mass is 9.92. The lowest BCUT2D eigenvalue weighted by molar-refractivity contribution is -0.187. The molecule has 14 heteroatoms. The number of esters is 4. The number of nitrogens with zero attached hydrogens (tertiary/aromatic N) is 3. The monoisotopic (exact) mass is 592 g/mol. The number of nitrogens with two attached hydrogens (primary N) is 1. The number of fused-ring (bicyclic) bond motifs is 1. The quantitative estimate of drug-likeness (QED) is 0.344. The number of carbonyl (C=O) groups is 4. The molecule has 3 rings (SSSR count). The maximum absolute atomic E-state index is 12.6. The molecule has 38 heavy (non-hydrogen) atoms. The molecular weight excluding hydrogens is 568 g/mol. The van der Waals surface area contributed by atoms with Gasteiger partial charge in [0.2, 0.25) is 5.76 Å². The van der Waals surface area contributed by atoms with Crippen molar-refractivity contribution < 1.29 is 42.9 Å². The molecule has 1 aliphatic heterocycles. The highest BCUT2D eigenvalue weighted by molar-refractivity contribution is 9.10. The SMILES string of the molecule is COC(=O)C1=C[C@H](n2nc3ccc(Br)cc3c2C#N)[C@@H](N)[C@H]([C@H](OC(C)=O)[C@@H](COC(C)=O)OC(C)=O)O1. The van der Waals surface area contributed by atoms with E-state index in [0.717, 1.165) is 27.9 Å². The average molecular weight is 593 g/mol. The molecule has 1 aromatic heterocycles. The van der Waals surface area contributed by atoms with Gasteiger partial charge >= 0.3 is 23.9 Å². The van der Waals surface area contributed by atoms with Crippen LogP contribution in [0.3, 0.4) is 0 Å². The third-order valence-electron chi connectivity index (χ3n) is 5.55. The normalized spacial score (nSPS) is 20.2. The fraction of sp³-hybridized carbons (Fsp3) is 0.417. The smallest absolute Gasteiger partial charge is 0.373 e. The van der Waals surface area contributed by atoms with Crippen LogP contribution in [0, 0.1) is 11.3 Å². The van der Waals surface area contributed by atoms with E-state index in [-0.39, 0.29) is 11.5 Å². The molecule has 0 saturated heterocycles. The van der Waals surface area contributed by atoms with Crippen molar-refractivity contribution in [1.29, 1.82) is 5.26 Å². The van der Waals surface area contributed by atoms with E-state index >= 15 is 0 Å². The van der Waals surface area contributed by atoms with E-state index in [4.69, 9.17) is 29.4 Å². The highest BCUT2D eigenvalue weighted by Crippen LogP contribution is 2.33. The van der Waals surface area contributed by atoms with Gasteiger partial charge in [0.05, 0.1) is 24.7 Å². The van der Waals surface area contributed by atoms with Crippen molar-refractivity contribution >= 4 is 50.7 Å². The Bertz CT molecular complexity index is 1330. The summed E-state index contributed by atoms with van der Waals surface area (Å²) in [5, 5.41) is 15.0. The number of carbonyl (C=O) groups excluding carboxylic acids is 4. The number of hydrogen-bond acceptors (Lipinski definition) is 12. The molecule has 0 spiro atoms. The van der Waals surface area contributed by atoms with Crippen LogP contribution in [0.2, 0.25) is 0 Å². The van der Waals surface area contributed by atoms with Crippen LogP contribution in [0.1, 0.15) is 32.5 Å². The summed E-state index contributed by atoms with van der Waals surface area (Å²) in [6, 6.07) is 5.16. The van der Waals surface area contributed by atoms with Gasteiger partial charge in [0.1, 0.15) is 18.4 Å². The van der Waals surface area contributed by atoms with E-state index in [9.17, 15) is 24.4 Å². The zero-order valence-electron chi connectivity index (χ0n) is 20.9. The van der Waals surface area contributed by atoms with Gasteiger partial charge in [-0.2, -0.15) is 10.4 Å². The predicted octanol–water partition coefficient (Wildman–Crippen LogP) is 1.42. The van der Waals surface area contributed by atoms with Crippen LogP contribution < -0.4 is 5.73 Å². The first-order chi connectivity index (χ1) is 18.0. The molecule has 5 atom stereocenters. The van der Waals surface area contributed by atoms with Crippen LogP contribution in [-0.2, 0) is 42.9 Å². The van der Waals surface area contributed by atoms with Crippen molar-refractivity contribution in [2.75, 3.05) is 13.7 Å². The number of ether oxygens (including phenoxy) is 5. The third kappa shape index (κ3) is 6.29. The summed E-state index contributed by atoms with van der Waals surface area (Å²) in [5.41, 5.74) is 7.22. The minimum absolute atomic E-state index is 0.142.